The summed E-state index contributed by atoms with van der Waals surface area (Å²) in [5, 5.41) is 2.63. The molecule has 0 radical (unpaired) electrons. The van der Waals surface area contributed by atoms with Gasteiger partial charge in [0.25, 0.3) is 0 Å². The highest BCUT2D eigenvalue weighted by molar-refractivity contribution is 5.91. The molecule has 2 aromatic rings. The number of carbonyl (C=O) groups is 2. The second kappa shape index (κ2) is 9.19. The van der Waals surface area contributed by atoms with Crippen molar-refractivity contribution in [3.8, 4) is 11.1 Å². The molecule has 0 aliphatic rings. The van der Waals surface area contributed by atoms with Gasteiger partial charge in [-0.2, -0.15) is 13.2 Å². The van der Waals surface area contributed by atoms with Gasteiger partial charge in [-0.25, -0.2) is 9.59 Å². The standard InChI is InChI=1S/C22H24F3NO4/c1-21(2,3)30-20(28)26-12-11-14-5-7-15(8-6-14)17-13-16(19(27)29-4)9-10-18(17)22(23,24)25/h5-10,13H,11-12H2,1-4H3,(H,26,28). The van der Waals surface area contributed by atoms with Gasteiger partial charge in [-0.15, -0.1) is 0 Å². The van der Waals surface area contributed by atoms with Gasteiger partial charge in [0.05, 0.1) is 18.2 Å². The van der Waals surface area contributed by atoms with Crippen molar-refractivity contribution in [2.45, 2.75) is 39.0 Å². The Labute approximate surface area is 173 Å². The van der Waals surface area contributed by atoms with E-state index in [1.165, 1.54) is 13.2 Å². The molecule has 8 heteroatoms. The van der Waals surface area contributed by atoms with Crippen LogP contribution in [0.5, 0.6) is 0 Å². The van der Waals surface area contributed by atoms with Crippen LogP contribution in [0.25, 0.3) is 11.1 Å². The summed E-state index contributed by atoms with van der Waals surface area (Å²) in [5.41, 5.74) is -0.366. The molecule has 30 heavy (non-hydrogen) atoms. The quantitative estimate of drug-likeness (QED) is 0.669. The van der Waals surface area contributed by atoms with Crippen molar-refractivity contribution in [3.05, 3.63) is 59.2 Å². The van der Waals surface area contributed by atoms with Gasteiger partial charge in [-0.3, -0.25) is 0 Å². The molecule has 2 rings (SSSR count). The summed E-state index contributed by atoms with van der Waals surface area (Å²) in [6.45, 7) is 5.60. The molecule has 0 unspecified atom stereocenters. The van der Waals surface area contributed by atoms with Gasteiger partial charge in [-0.05, 0) is 62.1 Å². The third-order valence-corrected chi connectivity index (χ3v) is 4.09. The summed E-state index contributed by atoms with van der Waals surface area (Å²) in [4.78, 5) is 23.4. The van der Waals surface area contributed by atoms with Crippen LogP contribution in [0.15, 0.2) is 42.5 Å². The van der Waals surface area contributed by atoms with Crippen LogP contribution in [0.3, 0.4) is 0 Å². The molecular formula is C22H24F3NO4. The summed E-state index contributed by atoms with van der Waals surface area (Å²) < 4.78 is 50.0. The minimum Gasteiger partial charge on any atom is -0.465 e. The Kier molecular flexibility index (Phi) is 7.12. The van der Waals surface area contributed by atoms with Crippen LogP contribution < -0.4 is 5.32 Å². The second-order valence-electron chi connectivity index (χ2n) is 7.63. The van der Waals surface area contributed by atoms with Crippen molar-refractivity contribution in [2.24, 2.45) is 0 Å². The number of rotatable bonds is 5. The Bertz CT molecular complexity index is 900. The third kappa shape index (κ3) is 6.50. The monoisotopic (exact) mass is 423 g/mol. The first-order valence-electron chi connectivity index (χ1n) is 9.26. The molecule has 0 bridgehead atoms. The van der Waals surface area contributed by atoms with E-state index in [1.807, 2.05) is 0 Å². The highest BCUT2D eigenvalue weighted by Gasteiger charge is 2.34. The first-order chi connectivity index (χ1) is 13.9. The largest absolute Gasteiger partial charge is 0.465 e. The maximum atomic E-state index is 13.4. The minimum atomic E-state index is -4.57. The lowest BCUT2D eigenvalue weighted by Crippen LogP contribution is -2.33. The lowest BCUT2D eigenvalue weighted by molar-refractivity contribution is -0.137. The zero-order valence-electron chi connectivity index (χ0n) is 17.2. The summed E-state index contributed by atoms with van der Waals surface area (Å²) >= 11 is 0. The average molecular weight is 423 g/mol. The SMILES string of the molecule is COC(=O)c1ccc(C(F)(F)F)c(-c2ccc(CCNC(=O)OC(C)(C)C)cc2)c1. The Hall–Kier alpha value is -3.03. The Morgan fingerprint density at radius 3 is 2.17 bits per heavy atom. The maximum Gasteiger partial charge on any atom is 0.417 e. The number of amides is 1. The number of hydrogen-bond acceptors (Lipinski definition) is 4. The van der Waals surface area contributed by atoms with Gasteiger partial charge in [0.1, 0.15) is 5.60 Å². The summed E-state index contributed by atoms with van der Waals surface area (Å²) in [6.07, 6.45) is -4.62. The third-order valence-electron chi connectivity index (χ3n) is 4.09. The van der Waals surface area contributed by atoms with E-state index in [0.717, 1.165) is 17.7 Å². The van der Waals surface area contributed by atoms with Gasteiger partial charge in [-0.1, -0.05) is 24.3 Å². The van der Waals surface area contributed by atoms with Gasteiger partial charge in [0, 0.05) is 6.54 Å². The van der Waals surface area contributed by atoms with E-state index in [2.05, 4.69) is 10.1 Å². The fraction of sp³-hybridized carbons (Fsp3) is 0.364. The fourth-order valence-electron chi connectivity index (χ4n) is 2.75. The van der Waals surface area contributed by atoms with Crippen LogP contribution >= 0.6 is 0 Å². The molecule has 0 saturated carbocycles. The first-order valence-corrected chi connectivity index (χ1v) is 9.26. The van der Waals surface area contributed by atoms with Crippen LogP contribution in [0.4, 0.5) is 18.0 Å². The van der Waals surface area contributed by atoms with E-state index in [9.17, 15) is 22.8 Å². The van der Waals surface area contributed by atoms with Crippen molar-refractivity contribution in [2.75, 3.05) is 13.7 Å². The molecule has 0 aliphatic heterocycles. The molecule has 5 nitrogen and oxygen atoms in total. The fourth-order valence-corrected chi connectivity index (χ4v) is 2.75. The number of methoxy groups -OCH3 is 1. The van der Waals surface area contributed by atoms with E-state index in [0.29, 0.717) is 18.5 Å². The topological polar surface area (TPSA) is 64.6 Å². The average Bonchev–Trinajstić information content (AvgIpc) is 2.65. The van der Waals surface area contributed by atoms with Gasteiger partial charge in [0.2, 0.25) is 0 Å². The number of ether oxygens (including phenoxy) is 2. The van der Waals surface area contributed by atoms with Crippen LogP contribution in [0.2, 0.25) is 0 Å². The molecule has 1 N–H and O–H groups in total. The number of carbonyl (C=O) groups excluding carboxylic acids is 2. The molecular weight excluding hydrogens is 399 g/mol. The highest BCUT2D eigenvalue weighted by Crippen LogP contribution is 2.37. The molecule has 162 valence electrons. The van der Waals surface area contributed by atoms with E-state index in [-0.39, 0.29) is 11.1 Å². The normalized spacial score (nSPS) is 11.7. The molecule has 0 aliphatic carbocycles. The maximum absolute atomic E-state index is 13.4. The molecule has 0 spiro atoms. The predicted octanol–water partition coefficient (Wildman–Crippen LogP) is 5.23. The van der Waals surface area contributed by atoms with E-state index in [4.69, 9.17) is 4.74 Å². The smallest absolute Gasteiger partial charge is 0.417 e. The lowest BCUT2D eigenvalue weighted by Gasteiger charge is -2.19. The number of halogens is 3. The van der Waals surface area contributed by atoms with E-state index >= 15 is 0 Å². The molecule has 0 saturated heterocycles. The van der Waals surface area contributed by atoms with Crippen molar-refractivity contribution in [1.82, 2.24) is 5.32 Å². The van der Waals surface area contributed by atoms with Crippen molar-refractivity contribution >= 4 is 12.1 Å². The van der Waals surface area contributed by atoms with Gasteiger partial charge >= 0.3 is 18.2 Å². The molecule has 0 fully saturated rings. The van der Waals surface area contributed by atoms with E-state index in [1.54, 1.807) is 45.0 Å². The van der Waals surface area contributed by atoms with Gasteiger partial charge < -0.3 is 14.8 Å². The first kappa shape index (κ1) is 23.3. The summed E-state index contributed by atoms with van der Waals surface area (Å²) in [6, 6.07) is 9.60. The van der Waals surface area contributed by atoms with Crippen LogP contribution in [0, 0.1) is 0 Å². The Morgan fingerprint density at radius 2 is 1.63 bits per heavy atom. The van der Waals surface area contributed by atoms with Crippen LogP contribution in [0.1, 0.15) is 42.3 Å². The molecule has 0 aromatic heterocycles. The molecule has 1 amide bonds. The number of hydrogen-bond donors (Lipinski definition) is 1. The zero-order valence-corrected chi connectivity index (χ0v) is 17.2. The van der Waals surface area contributed by atoms with Crippen LogP contribution in [-0.2, 0) is 22.1 Å². The lowest BCUT2D eigenvalue weighted by atomic mass is 9.95. The minimum absolute atomic E-state index is 0.0335. The Balaban J connectivity index is 2.17. The van der Waals surface area contributed by atoms with E-state index < -0.39 is 29.4 Å². The van der Waals surface area contributed by atoms with Gasteiger partial charge in [0.15, 0.2) is 0 Å². The number of nitrogens with one attached hydrogen (secondary N) is 1. The number of benzene rings is 2. The zero-order chi connectivity index (χ0) is 22.5. The van der Waals surface area contributed by atoms with Crippen molar-refractivity contribution < 1.29 is 32.2 Å². The summed E-state index contributed by atoms with van der Waals surface area (Å²) in [5.74, 6) is -0.713. The molecule has 0 atom stereocenters. The van der Waals surface area contributed by atoms with Crippen molar-refractivity contribution in [3.63, 3.8) is 0 Å². The number of alkyl halides is 3. The van der Waals surface area contributed by atoms with Crippen LogP contribution in [-0.4, -0.2) is 31.3 Å². The molecule has 0 heterocycles. The van der Waals surface area contributed by atoms with Crippen molar-refractivity contribution in [1.29, 1.82) is 0 Å². The Morgan fingerprint density at radius 1 is 1.00 bits per heavy atom. The number of esters is 1. The predicted molar refractivity (Wildman–Crippen MR) is 106 cm³/mol. The molecule has 2 aromatic carbocycles. The number of alkyl carbamates (subject to hydrolysis) is 1. The summed E-state index contributed by atoms with van der Waals surface area (Å²) in [7, 11) is 1.17. The highest BCUT2D eigenvalue weighted by atomic mass is 19.4. The second-order valence-corrected chi connectivity index (χ2v) is 7.63.